The molecule has 90 valence electrons. The van der Waals surface area contributed by atoms with Gasteiger partial charge in [0.05, 0.1) is 11.2 Å². The predicted molar refractivity (Wildman–Crippen MR) is 65.6 cm³/mol. The number of aryl methyl sites for hydroxylation is 2. The maximum absolute atomic E-state index is 11.7. The van der Waals surface area contributed by atoms with Crippen molar-refractivity contribution in [3.63, 3.8) is 0 Å². The second-order valence-corrected chi connectivity index (χ2v) is 4.68. The van der Waals surface area contributed by atoms with Gasteiger partial charge in [0.2, 0.25) is 0 Å². The molecule has 3 N–H and O–H groups in total. The van der Waals surface area contributed by atoms with Crippen LogP contribution < -0.4 is 11.1 Å². The zero-order chi connectivity index (χ0) is 12.4. The van der Waals surface area contributed by atoms with E-state index in [4.69, 9.17) is 5.73 Å². The van der Waals surface area contributed by atoms with Crippen molar-refractivity contribution in [1.82, 2.24) is 20.1 Å². The van der Waals surface area contributed by atoms with Gasteiger partial charge in [0.1, 0.15) is 11.5 Å². The van der Waals surface area contributed by atoms with Crippen LogP contribution in [-0.4, -0.2) is 20.7 Å². The molecular formula is C10H13N5OS. The monoisotopic (exact) mass is 251 g/mol. The number of rotatable bonds is 3. The third-order valence-electron chi connectivity index (χ3n) is 2.36. The number of aromatic nitrogens is 3. The first-order chi connectivity index (χ1) is 8.08. The van der Waals surface area contributed by atoms with Crippen molar-refractivity contribution in [2.45, 2.75) is 13.5 Å². The summed E-state index contributed by atoms with van der Waals surface area (Å²) < 4.78 is 1.56. The fraction of sp³-hybridized carbons (Fsp3) is 0.300. The number of hydrogen-bond donors (Lipinski definition) is 2. The van der Waals surface area contributed by atoms with E-state index in [1.165, 1.54) is 11.3 Å². The normalized spacial score (nSPS) is 10.5. The summed E-state index contributed by atoms with van der Waals surface area (Å²) in [6.07, 6.45) is 1.64. The number of hydrogen-bond acceptors (Lipinski definition) is 5. The van der Waals surface area contributed by atoms with Crippen molar-refractivity contribution in [2.75, 3.05) is 5.73 Å². The Kier molecular flexibility index (Phi) is 3.10. The molecule has 6 nitrogen and oxygen atoms in total. The third kappa shape index (κ3) is 2.44. The number of anilines is 1. The molecule has 0 saturated carbocycles. The number of carbonyl (C=O) groups is 1. The van der Waals surface area contributed by atoms with Crippen LogP contribution in [0, 0.1) is 6.92 Å². The highest BCUT2D eigenvalue weighted by molar-refractivity contribution is 7.09. The van der Waals surface area contributed by atoms with E-state index in [9.17, 15) is 4.79 Å². The fourth-order valence-electron chi connectivity index (χ4n) is 1.36. The Morgan fingerprint density at radius 3 is 2.94 bits per heavy atom. The van der Waals surface area contributed by atoms with Crippen molar-refractivity contribution in [2.24, 2.45) is 7.05 Å². The molecule has 0 aliphatic heterocycles. The average molecular weight is 251 g/mol. The molecule has 0 aliphatic carbocycles. The minimum absolute atomic E-state index is 0.197. The summed E-state index contributed by atoms with van der Waals surface area (Å²) in [5, 5.41) is 9.36. The molecule has 0 unspecified atom stereocenters. The molecule has 2 aromatic rings. The molecule has 0 saturated heterocycles. The molecule has 0 aromatic carbocycles. The van der Waals surface area contributed by atoms with Crippen LogP contribution in [0.15, 0.2) is 11.6 Å². The van der Waals surface area contributed by atoms with Gasteiger partial charge in [0.25, 0.3) is 5.91 Å². The molecule has 2 aromatic heterocycles. The number of thiazole rings is 1. The van der Waals surface area contributed by atoms with Crippen molar-refractivity contribution in [3.8, 4) is 0 Å². The van der Waals surface area contributed by atoms with Gasteiger partial charge in [-0.3, -0.25) is 9.48 Å². The van der Waals surface area contributed by atoms with E-state index < -0.39 is 0 Å². The molecule has 0 aliphatic rings. The molecule has 7 heteroatoms. The number of nitrogen functional groups attached to an aromatic ring is 1. The summed E-state index contributed by atoms with van der Waals surface area (Å²) in [7, 11) is 1.75. The van der Waals surface area contributed by atoms with Gasteiger partial charge in [-0.1, -0.05) is 0 Å². The summed E-state index contributed by atoms with van der Waals surface area (Å²) >= 11 is 1.45. The average Bonchev–Trinajstić information content (AvgIpc) is 2.86. The summed E-state index contributed by atoms with van der Waals surface area (Å²) in [6, 6.07) is 0. The van der Waals surface area contributed by atoms with E-state index >= 15 is 0 Å². The minimum atomic E-state index is -0.197. The van der Waals surface area contributed by atoms with Crippen LogP contribution in [0.5, 0.6) is 0 Å². The first-order valence-electron chi connectivity index (χ1n) is 5.04. The van der Waals surface area contributed by atoms with Gasteiger partial charge in [-0.15, -0.1) is 11.3 Å². The highest BCUT2D eigenvalue weighted by Crippen LogP contribution is 2.10. The third-order valence-corrected chi connectivity index (χ3v) is 3.13. The molecule has 0 spiro atoms. The fourth-order valence-corrected chi connectivity index (χ4v) is 1.96. The molecule has 0 bridgehead atoms. The molecule has 1 amide bonds. The van der Waals surface area contributed by atoms with Gasteiger partial charge < -0.3 is 11.1 Å². The quantitative estimate of drug-likeness (QED) is 0.840. The van der Waals surface area contributed by atoms with E-state index in [1.807, 2.05) is 6.92 Å². The lowest BCUT2D eigenvalue weighted by Gasteiger charge is -2.02. The molecule has 2 rings (SSSR count). The van der Waals surface area contributed by atoms with E-state index in [1.54, 1.807) is 23.3 Å². The summed E-state index contributed by atoms with van der Waals surface area (Å²) in [4.78, 5) is 15.8. The predicted octanol–water partition coefficient (Wildman–Crippen LogP) is 0.697. The lowest BCUT2D eigenvalue weighted by molar-refractivity contribution is 0.0946. The summed E-state index contributed by atoms with van der Waals surface area (Å²) in [5.74, 6) is 0.359. The van der Waals surface area contributed by atoms with Crippen molar-refractivity contribution in [1.29, 1.82) is 0 Å². The second-order valence-electron chi connectivity index (χ2n) is 3.61. The highest BCUT2D eigenvalue weighted by Gasteiger charge is 2.10. The second kappa shape index (κ2) is 4.54. The van der Waals surface area contributed by atoms with Crippen molar-refractivity contribution in [3.05, 3.63) is 27.8 Å². The Morgan fingerprint density at radius 1 is 1.65 bits per heavy atom. The number of amides is 1. The van der Waals surface area contributed by atoms with Gasteiger partial charge in [-0.05, 0) is 6.92 Å². The summed E-state index contributed by atoms with van der Waals surface area (Å²) in [5.41, 5.74) is 7.01. The van der Waals surface area contributed by atoms with Crippen molar-refractivity contribution < 1.29 is 4.79 Å². The van der Waals surface area contributed by atoms with Crippen LogP contribution in [0.1, 0.15) is 21.1 Å². The van der Waals surface area contributed by atoms with Crippen LogP contribution in [0.25, 0.3) is 0 Å². The van der Waals surface area contributed by atoms with Crippen LogP contribution in [0.3, 0.4) is 0 Å². The number of nitrogens with two attached hydrogens (primary N) is 1. The molecule has 0 atom stereocenters. The van der Waals surface area contributed by atoms with Gasteiger partial charge >= 0.3 is 0 Å². The zero-order valence-electron chi connectivity index (χ0n) is 9.60. The first-order valence-corrected chi connectivity index (χ1v) is 5.92. The maximum atomic E-state index is 11.7. The van der Waals surface area contributed by atoms with E-state index in [0.717, 1.165) is 10.6 Å². The van der Waals surface area contributed by atoms with Gasteiger partial charge in [-0.2, -0.15) is 5.10 Å². The molecule has 0 fully saturated rings. The van der Waals surface area contributed by atoms with Crippen LogP contribution in [-0.2, 0) is 13.6 Å². The Bertz CT molecular complexity index is 545. The SMILES string of the molecule is Cc1nc(C(=O)NCc2cnn(C)c2N)cs1. The summed E-state index contributed by atoms with van der Waals surface area (Å²) in [6.45, 7) is 2.22. The van der Waals surface area contributed by atoms with Crippen LogP contribution in [0.2, 0.25) is 0 Å². The Hall–Kier alpha value is -1.89. The van der Waals surface area contributed by atoms with E-state index in [2.05, 4.69) is 15.4 Å². The largest absolute Gasteiger partial charge is 0.384 e. The molecule has 17 heavy (non-hydrogen) atoms. The first kappa shape index (κ1) is 11.6. The van der Waals surface area contributed by atoms with Gasteiger partial charge in [0.15, 0.2) is 0 Å². The number of nitrogens with zero attached hydrogens (tertiary/aromatic N) is 3. The Balaban J connectivity index is 1.99. The number of carbonyl (C=O) groups excluding carboxylic acids is 1. The van der Waals surface area contributed by atoms with Gasteiger partial charge in [0, 0.05) is 24.5 Å². The smallest absolute Gasteiger partial charge is 0.271 e. The lowest BCUT2D eigenvalue weighted by Crippen LogP contribution is -2.23. The van der Waals surface area contributed by atoms with E-state index in [0.29, 0.717) is 18.1 Å². The van der Waals surface area contributed by atoms with Crippen LogP contribution in [0.4, 0.5) is 5.82 Å². The van der Waals surface area contributed by atoms with Crippen LogP contribution >= 0.6 is 11.3 Å². The Morgan fingerprint density at radius 2 is 2.41 bits per heavy atom. The number of nitrogens with one attached hydrogen (secondary N) is 1. The minimum Gasteiger partial charge on any atom is -0.384 e. The molecule has 2 heterocycles. The van der Waals surface area contributed by atoms with Crippen molar-refractivity contribution >= 4 is 23.1 Å². The highest BCUT2D eigenvalue weighted by atomic mass is 32.1. The standard InChI is InChI=1S/C10H13N5OS/c1-6-14-8(5-17-6)10(16)12-3-7-4-13-15(2)9(7)11/h4-5H,3,11H2,1-2H3,(H,12,16). The topological polar surface area (TPSA) is 85.8 Å². The lowest BCUT2D eigenvalue weighted by atomic mass is 10.3. The molecule has 0 radical (unpaired) electrons. The van der Waals surface area contributed by atoms with Gasteiger partial charge in [-0.25, -0.2) is 4.98 Å². The Labute approximate surface area is 102 Å². The zero-order valence-corrected chi connectivity index (χ0v) is 10.4. The maximum Gasteiger partial charge on any atom is 0.271 e. The van der Waals surface area contributed by atoms with E-state index in [-0.39, 0.29) is 5.91 Å². The molecular weight excluding hydrogens is 238 g/mol.